The van der Waals surface area contributed by atoms with E-state index >= 15 is 0 Å². The summed E-state index contributed by atoms with van der Waals surface area (Å²) in [7, 11) is 0. The Morgan fingerprint density at radius 1 is 0.800 bits per heavy atom. The van der Waals surface area contributed by atoms with Gasteiger partial charge in [0.1, 0.15) is 11.3 Å². The van der Waals surface area contributed by atoms with Crippen molar-refractivity contribution in [2.24, 2.45) is 0 Å². The Bertz CT molecular complexity index is 1100. The molecule has 0 radical (unpaired) electrons. The van der Waals surface area contributed by atoms with Gasteiger partial charge in [-0.1, -0.05) is 78.9 Å². The van der Waals surface area contributed by atoms with Crippen LogP contribution in [0.1, 0.15) is 24.0 Å². The number of nitrogens with zero attached hydrogens (tertiary/aromatic N) is 1. The first-order valence-corrected chi connectivity index (χ1v) is 12.2. The van der Waals surface area contributed by atoms with E-state index < -0.39 is 11.2 Å². The number of carbonyl (C=O) groups is 2. The first-order chi connectivity index (χ1) is 17.1. The van der Waals surface area contributed by atoms with Crippen molar-refractivity contribution >= 4 is 11.8 Å². The summed E-state index contributed by atoms with van der Waals surface area (Å²) in [5.41, 5.74) is 0.978. The number of carbonyl (C=O) groups excluding carboxylic acids is 2. The Morgan fingerprint density at radius 3 is 1.86 bits per heavy atom. The summed E-state index contributed by atoms with van der Waals surface area (Å²) in [5, 5.41) is 7.05. The number of benzene rings is 3. The summed E-state index contributed by atoms with van der Waals surface area (Å²) >= 11 is 0. The van der Waals surface area contributed by atoms with Crippen LogP contribution in [0.25, 0.3) is 0 Å². The second kappa shape index (κ2) is 9.92. The van der Waals surface area contributed by atoms with Crippen molar-refractivity contribution in [3.05, 3.63) is 102 Å². The van der Waals surface area contributed by atoms with Crippen LogP contribution in [0, 0.1) is 0 Å². The monoisotopic (exact) mass is 469 g/mol. The highest BCUT2D eigenvalue weighted by atomic mass is 16.5. The van der Waals surface area contributed by atoms with E-state index in [2.05, 4.69) is 34.9 Å². The van der Waals surface area contributed by atoms with E-state index in [1.54, 1.807) is 0 Å². The summed E-state index contributed by atoms with van der Waals surface area (Å²) < 4.78 is 5.64. The van der Waals surface area contributed by atoms with Crippen molar-refractivity contribution in [1.82, 2.24) is 15.5 Å². The van der Waals surface area contributed by atoms with Crippen molar-refractivity contribution in [2.75, 3.05) is 19.7 Å². The Hall–Kier alpha value is -3.64. The van der Waals surface area contributed by atoms with E-state index in [1.165, 1.54) is 0 Å². The molecule has 2 N–H and O–H groups in total. The molecule has 0 aliphatic carbocycles. The fourth-order valence-electron chi connectivity index (χ4n) is 5.22. The summed E-state index contributed by atoms with van der Waals surface area (Å²) in [6.45, 7) is 1.15. The summed E-state index contributed by atoms with van der Waals surface area (Å²) in [6, 6.07) is 29.7. The van der Waals surface area contributed by atoms with Gasteiger partial charge >= 0.3 is 0 Å². The van der Waals surface area contributed by atoms with Crippen LogP contribution in [-0.4, -0.2) is 47.6 Å². The van der Waals surface area contributed by atoms with Crippen LogP contribution in [0.15, 0.2) is 91.0 Å². The van der Waals surface area contributed by atoms with Gasteiger partial charge in [-0.05, 0) is 36.1 Å². The zero-order chi connectivity index (χ0) is 24.1. The first-order valence-electron chi connectivity index (χ1n) is 12.2. The molecule has 0 atom stereocenters. The van der Waals surface area contributed by atoms with Crippen LogP contribution in [0.3, 0.4) is 0 Å². The number of hydrogen-bond acceptors (Lipinski definition) is 4. The largest absolute Gasteiger partial charge is 0.484 e. The van der Waals surface area contributed by atoms with E-state index in [0.717, 1.165) is 11.1 Å². The number of hydrogen-bond donors (Lipinski definition) is 2. The molecule has 2 amide bonds. The standard InChI is InChI=1S/C29H31N3O3/c33-26(22-35-25-14-8-3-9-15-25)32-18-16-29(17-19-32)30-27(34)28(31-29,20-23-10-4-1-5-11-23)21-24-12-6-2-7-13-24/h1-15,31H,16-22H2,(H,30,34). The summed E-state index contributed by atoms with van der Waals surface area (Å²) in [5.74, 6) is 0.677. The lowest BCUT2D eigenvalue weighted by Gasteiger charge is -2.40. The van der Waals surface area contributed by atoms with Gasteiger partial charge in [0.2, 0.25) is 5.91 Å². The number of para-hydroxylation sites is 1. The maximum Gasteiger partial charge on any atom is 0.260 e. The molecule has 2 aliphatic heterocycles. The summed E-state index contributed by atoms with van der Waals surface area (Å²) in [6.07, 6.45) is 2.51. The number of piperidine rings is 1. The fourth-order valence-corrected chi connectivity index (χ4v) is 5.22. The lowest BCUT2D eigenvalue weighted by molar-refractivity contribution is -0.135. The Morgan fingerprint density at radius 2 is 1.31 bits per heavy atom. The highest BCUT2D eigenvalue weighted by Crippen LogP contribution is 2.33. The molecule has 180 valence electrons. The molecule has 2 saturated heterocycles. The zero-order valence-electron chi connectivity index (χ0n) is 19.8. The fraction of sp³-hybridized carbons (Fsp3) is 0.310. The van der Waals surface area contributed by atoms with E-state index in [0.29, 0.717) is 44.5 Å². The molecule has 6 heteroatoms. The molecule has 2 heterocycles. The molecule has 3 aromatic carbocycles. The normalized spacial score (nSPS) is 18.3. The molecule has 2 fully saturated rings. The minimum atomic E-state index is -0.745. The van der Waals surface area contributed by atoms with E-state index in [1.807, 2.05) is 71.6 Å². The second-order valence-corrected chi connectivity index (χ2v) is 9.55. The van der Waals surface area contributed by atoms with Crippen LogP contribution in [0.2, 0.25) is 0 Å². The van der Waals surface area contributed by atoms with E-state index in [9.17, 15) is 9.59 Å². The van der Waals surface area contributed by atoms with Crippen molar-refractivity contribution in [3.8, 4) is 5.75 Å². The predicted octanol–water partition coefficient (Wildman–Crippen LogP) is 3.33. The molecule has 0 bridgehead atoms. The number of nitrogens with one attached hydrogen (secondary N) is 2. The number of ether oxygens (including phenoxy) is 1. The molecule has 3 aromatic rings. The van der Waals surface area contributed by atoms with Gasteiger partial charge in [0.15, 0.2) is 6.61 Å². The third-order valence-electron chi connectivity index (χ3n) is 7.04. The van der Waals surface area contributed by atoms with Crippen molar-refractivity contribution in [1.29, 1.82) is 0 Å². The van der Waals surface area contributed by atoms with Crippen LogP contribution in [0.4, 0.5) is 0 Å². The minimum absolute atomic E-state index is 0.0166. The van der Waals surface area contributed by atoms with Gasteiger partial charge in [0.25, 0.3) is 5.91 Å². The lowest BCUT2D eigenvalue weighted by Crippen LogP contribution is -2.61. The quantitative estimate of drug-likeness (QED) is 0.557. The topological polar surface area (TPSA) is 70.7 Å². The second-order valence-electron chi connectivity index (χ2n) is 9.55. The number of likely N-dealkylation sites (tertiary alicyclic amines) is 1. The van der Waals surface area contributed by atoms with Gasteiger partial charge in [0, 0.05) is 25.9 Å². The van der Waals surface area contributed by atoms with Gasteiger partial charge in [-0.3, -0.25) is 14.9 Å². The third-order valence-corrected chi connectivity index (χ3v) is 7.04. The maximum atomic E-state index is 13.6. The van der Waals surface area contributed by atoms with Crippen LogP contribution in [0.5, 0.6) is 5.75 Å². The number of rotatable bonds is 7. The van der Waals surface area contributed by atoms with Crippen molar-refractivity contribution in [3.63, 3.8) is 0 Å². The van der Waals surface area contributed by atoms with Crippen LogP contribution >= 0.6 is 0 Å². The van der Waals surface area contributed by atoms with Gasteiger partial charge in [-0.15, -0.1) is 0 Å². The molecule has 6 nitrogen and oxygen atoms in total. The maximum absolute atomic E-state index is 13.6. The average Bonchev–Trinajstić information content (AvgIpc) is 3.14. The molecule has 35 heavy (non-hydrogen) atoms. The first kappa shape index (κ1) is 23.1. The molecule has 2 aliphatic rings. The molecule has 0 aromatic heterocycles. The Balaban J connectivity index is 1.27. The smallest absolute Gasteiger partial charge is 0.260 e. The van der Waals surface area contributed by atoms with Gasteiger partial charge < -0.3 is 15.0 Å². The van der Waals surface area contributed by atoms with Crippen LogP contribution in [-0.2, 0) is 22.4 Å². The molecule has 0 unspecified atom stereocenters. The molecular weight excluding hydrogens is 438 g/mol. The molecule has 5 rings (SSSR count). The predicted molar refractivity (Wildman–Crippen MR) is 135 cm³/mol. The van der Waals surface area contributed by atoms with Crippen molar-refractivity contribution < 1.29 is 14.3 Å². The van der Waals surface area contributed by atoms with Crippen molar-refractivity contribution in [2.45, 2.75) is 36.9 Å². The molecular formula is C29H31N3O3. The average molecular weight is 470 g/mol. The van der Waals surface area contributed by atoms with Gasteiger partial charge in [-0.2, -0.15) is 0 Å². The molecule has 1 spiro atoms. The third kappa shape index (κ3) is 5.23. The molecule has 0 saturated carbocycles. The van der Waals surface area contributed by atoms with Gasteiger partial charge in [0.05, 0.1) is 5.66 Å². The zero-order valence-corrected chi connectivity index (χ0v) is 19.8. The van der Waals surface area contributed by atoms with Crippen LogP contribution < -0.4 is 15.4 Å². The SMILES string of the molecule is O=C(COc1ccccc1)N1CCC2(CC1)NC(=O)C(Cc1ccccc1)(Cc1ccccc1)N2. The van der Waals surface area contributed by atoms with Gasteiger partial charge in [-0.25, -0.2) is 0 Å². The minimum Gasteiger partial charge on any atom is -0.484 e. The Labute approximate surface area is 206 Å². The summed E-state index contributed by atoms with van der Waals surface area (Å²) in [4.78, 5) is 28.2. The lowest BCUT2D eigenvalue weighted by atomic mass is 9.84. The highest BCUT2D eigenvalue weighted by molar-refractivity contribution is 5.90. The van der Waals surface area contributed by atoms with E-state index in [-0.39, 0.29) is 18.4 Å². The highest BCUT2D eigenvalue weighted by Gasteiger charge is 2.54. The number of amides is 2. The van der Waals surface area contributed by atoms with E-state index in [4.69, 9.17) is 4.74 Å². The Kier molecular flexibility index (Phi) is 6.55.